The van der Waals surface area contributed by atoms with Crippen LogP contribution in [0.3, 0.4) is 0 Å². The molecule has 1 aromatic carbocycles. The molecule has 1 aliphatic carbocycles. The quantitative estimate of drug-likeness (QED) is 0.735. The van der Waals surface area contributed by atoms with Crippen molar-refractivity contribution in [3.05, 3.63) is 24.3 Å². The summed E-state index contributed by atoms with van der Waals surface area (Å²) < 4.78 is 6.01. The number of amides is 2. The predicted molar refractivity (Wildman–Crippen MR) is 85.9 cm³/mol. The zero-order valence-corrected chi connectivity index (χ0v) is 12.9. The van der Waals surface area contributed by atoms with Crippen LogP contribution in [0.25, 0.3) is 0 Å². The largest absolute Gasteiger partial charge is 0.488 e. The first-order valence-corrected chi connectivity index (χ1v) is 8.10. The Bertz CT molecular complexity index is 442. The highest BCUT2D eigenvalue weighted by atomic mass is 16.5. The van der Waals surface area contributed by atoms with E-state index in [-0.39, 0.29) is 6.03 Å². The molecule has 21 heavy (non-hydrogen) atoms. The van der Waals surface area contributed by atoms with Crippen LogP contribution in [0.1, 0.15) is 51.9 Å². The molecule has 0 heterocycles. The summed E-state index contributed by atoms with van der Waals surface area (Å²) in [5.41, 5.74) is 0.748. The minimum Gasteiger partial charge on any atom is -0.488 e. The summed E-state index contributed by atoms with van der Waals surface area (Å²) in [5.74, 6) is 0.771. The Balaban J connectivity index is 1.85. The topological polar surface area (TPSA) is 50.4 Å². The van der Waals surface area contributed by atoms with Gasteiger partial charge in [0, 0.05) is 6.54 Å². The molecule has 1 aliphatic rings. The number of hydrogen-bond donors (Lipinski definition) is 2. The number of urea groups is 1. The van der Waals surface area contributed by atoms with E-state index in [1.807, 2.05) is 24.3 Å². The summed E-state index contributed by atoms with van der Waals surface area (Å²) in [6.07, 6.45) is 8.29. The number of benzene rings is 1. The van der Waals surface area contributed by atoms with Crippen molar-refractivity contribution in [2.75, 3.05) is 11.9 Å². The Morgan fingerprint density at radius 3 is 2.76 bits per heavy atom. The van der Waals surface area contributed by atoms with Gasteiger partial charge in [-0.1, -0.05) is 31.9 Å². The molecule has 4 heteroatoms. The Kier molecular flexibility index (Phi) is 6.38. The van der Waals surface area contributed by atoms with E-state index in [4.69, 9.17) is 4.74 Å². The second-order valence-electron chi connectivity index (χ2n) is 5.61. The Labute approximate surface area is 127 Å². The number of para-hydroxylation sites is 2. The van der Waals surface area contributed by atoms with E-state index in [0.29, 0.717) is 12.6 Å². The molecule has 4 nitrogen and oxygen atoms in total. The van der Waals surface area contributed by atoms with Gasteiger partial charge in [0.15, 0.2) is 0 Å². The third-order valence-corrected chi connectivity index (χ3v) is 3.80. The molecular weight excluding hydrogens is 264 g/mol. The van der Waals surface area contributed by atoms with E-state index in [2.05, 4.69) is 17.6 Å². The van der Waals surface area contributed by atoms with E-state index < -0.39 is 0 Å². The van der Waals surface area contributed by atoms with Crippen LogP contribution >= 0.6 is 0 Å². The third-order valence-electron chi connectivity index (χ3n) is 3.80. The lowest BCUT2D eigenvalue weighted by molar-refractivity contribution is 0.211. The summed E-state index contributed by atoms with van der Waals surface area (Å²) in [6, 6.07) is 7.50. The lowest BCUT2D eigenvalue weighted by atomic mass is 10.2. The number of unbranched alkanes of at least 4 members (excludes halogenated alkanes) is 2. The second-order valence-corrected chi connectivity index (χ2v) is 5.61. The fourth-order valence-corrected chi connectivity index (χ4v) is 2.60. The number of hydrogen-bond acceptors (Lipinski definition) is 2. The van der Waals surface area contributed by atoms with E-state index in [1.54, 1.807) is 0 Å². The van der Waals surface area contributed by atoms with E-state index in [9.17, 15) is 4.79 Å². The van der Waals surface area contributed by atoms with Crippen LogP contribution in [0.4, 0.5) is 10.5 Å². The molecular formula is C17H26N2O2. The zero-order valence-electron chi connectivity index (χ0n) is 12.9. The van der Waals surface area contributed by atoms with E-state index >= 15 is 0 Å². The summed E-state index contributed by atoms with van der Waals surface area (Å²) in [4.78, 5) is 11.9. The Morgan fingerprint density at radius 1 is 1.24 bits per heavy atom. The number of carbonyl (C=O) groups is 1. The average Bonchev–Trinajstić information content (AvgIpc) is 2.99. The first kappa shape index (κ1) is 15.7. The summed E-state index contributed by atoms with van der Waals surface area (Å²) >= 11 is 0. The standard InChI is InChI=1S/C17H26N2O2/c1-2-3-8-13-18-17(20)19-15-11-6-7-12-16(15)21-14-9-4-5-10-14/h6-7,11-12,14H,2-5,8-10,13H2,1H3,(H2,18,19,20). The molecule has 1 aromatic rings. The smallest absolute Gasteiger partial charge is 0.319 e. The maximum Gasteiger partial charge on any atom is 0.319 e. The van der Waals surface area contributed by atoms with Gasteiger partial charge in [0.25, 0.3) is 0 Å². The van der Waals surface area contributed by atoms with Gasteiger partial charge < -0.3 is 15.4 Å². The molecule has 0 atom stereocenters. The van der Waals surface area contributed by atoms with Crippen molar-refractivity contribution >= 4 is 11.7 Å². The molecule has 2 N–H and O–H groups in total. The molecule has 0 spiro atoms. The van der Waals surface area contributed by atoms with Crippen molar-refractivity contribution < 1.29 is 9.53 Å². The van der Waals surface area contributed by atoms with Gasteiger partial charge in [-0.3, -0.25) is 0 Å². The second kappa shape index (κ2) is 8.55. The third kappa shape index (κ3) is 5.29. The minimum absolute atomic E-state index is 0.159. The zero-order chi connectivity index (χ0) is 14.9. The van der Waals surface area contributed by atoms with Gasteiger partial charge in [0.05, 0.1) is 11.8 Å². The Hall–Kier alpha value is -1.71. The highest BCUT2D eigenvalue weighted by molar-refractivity contribution is 5.90. The number of carbonyl (C=O) groups excluding carboxylic acids is 1. The van der Waals surface area contributed by atoms with Crippen molar-refractivity contribution in [1.29, 1.82) is 0 Å². The molecule has 0 saturated heterocycles. The molecule has 2 amide bonds. The molecule has 2 rings (SSSR count). The number of anilines is 1. The fourth-order valence-electron chi connectivity index (χ4n) is 2.60. The summed E-state index contributed by atoms with van der Waals surface area (Å²) in [5, 5.41) is 5.77. The SMILES string of the molecule is CCCCCNC(=O)Nc1ccccc1OC1CCCC1. The van der Waals surface area contributed by atoms with Gasteiger partial charge >= 0.3 is 6.03 Å². The van der Waals surface area contributed by atoms with E-state index in [1.165, 1.54) is 12.8 Å². The Morgan fingerprint density at radius 2 is 2.00 bits per heavy atom. The van der Waals surface area contributed by atoms with Gasteiger partial charge in [-0.15, -0.1) is 0 Å². The molecule has 0 unspecified atom stereocenters. The van der Waals surface area contributed by atoms with Crippen molar-refractivity contribution in [2.24, 2.45) is 0 Å². The molecule has 0 aliphatic heterocycles. The molecule has 0 aromatic heterocycles. The van der Waals surface area contributed by atoms with Crippen LogP contribution in [0.2, 0.25) is 0 Å². The molecule has 116 valence electrons. The lowest BCUT2D eigenvalue weighted by Crippen LogP contribution is -2.29. The van der Waals surface area contributed by atoms with Gasteiger partial charge in [-0.2, -0.15) is 0 Å². The van der Waals surface area contributed by atoms with E-state index in [0.717, 1.165) is 43.5 Å². The van der Waals surface area contributed by atoms with Crippen molar-refractivity contribution in [2.45, 2.75) is 58.0 Å². The number of nitrogens with one attached hydrogen (secondary N) is 2. The van der Waals surface area contributed by atoms with Crippen molar-refractivity contribution in [1.82, 2.24) is 5.32 Å². The normalized spacial score (nSPS) is 14.9. The molecule has 0 radical (unpaired) electrons. The van der Waals surface area contributed by atoms with Crippen LogP contribution in [0, 0.1) is 0 Å². The van der Waals surface area contributed by atoms with Crippen LogP contribution in [-0.4, -0.2) is 18.7 Å². The van der Waals surface area contributed by atoms with Gasteiger partial charge in [-0.25, -0.2) is 4.79 Å². The predicted octanol–water partition coefficient (Wildman–Crippen LogP) is 4.32. The average molecular weight is 290 g/mol. The van der Waals surface area contributed by atoms with Crippen LogP contribution < -0.4 is 15.4 Å². The first-order valence-electron chi connectivity index (χ1n) is 8.10. The van der Waals surface area contributed by atoms with Crippen molar-refractivity contribution in [3.63, 3.8) is 0 Å². The fraction of sp³-hybridized carbons (Fsp3) is 0.588. The minimum atomic E-state index is -0.159. The van der Waals surface area contributed by atoms with Crippen LogP contribution in [0.15, 0.2) is 24.3 Å². The molecule has 1 saturated carbocycles. The summed E-state index contributed by atoms with van der Waals surface area (Å²) in [6.45, 7) is 2.86. The number of ether oxygens (including phenoxy) is 1. The highest BCUT2D eigenvalue weighted by Crippen LogP contribution is 2.29. The molecule has 1 fully saturated rings. The van der Waals surface area contributed by atoms with Gasteiger partial charge in [-0.05, 0) is 44.2 Å². The van der Waals surface area contributed by atoms with Crippen LogP contribution in [0.5, 0.6) is 5.75 Å². The first-order chi connectivity index (χ1) is 10.3. The highest BCUT2D eigenvalue weighted by Gasteiger charge is 2.18. The molecule has 0 bridgehead atoms. The maximum absolute atomic E-state index is 11.9. The van der Waals surface area contributed by atoms with Gasteiger partial charge in [0.2, 0.25) is 0 Å². The lowest BCUT2D eigenvalue weighted by Gasteiger charge is -2.17. The summed E-state index contributed by atoms with van der Waals surface area (Å²) in [7, 11) is 0. The monoisotopic (exact) mass is 290 g/mol. The van der Waals surface area contributed by atoms with Gasteiger partial charge in [0.1, 0.15) is 5.75 Å². The number of rotatable bonds is 7. The van der Waals surface area contributed by atoms with Crippen molar-refractivity contribution in [3.8, 4) is 5.75 Å². The maximum atomic E-state index is 11.9. The van der Waals surface area contributed by atoms with Crippen LogP contribution in [-0.2, 0) is 0 Å².